The summed E-state index contributed by atoms with van der Waals surface area (Å²) in [6.45, 7) is 2.26. The molecule has 3 N–H and O–H groups in total. The number of anilines is 1. The number of rotatable bonds is 8. The first-order valence-corrected chi connectivity index (χ1v) is 10.9. The third-order valence-corrected chi connectivity index (χ3v) is 5.55. The minimum atomic E-state index is -0.524. The predicted molar refractivity (Wildman–Crippen MR) is 122 cm³/mol. The van der Waals surface area contributed by atoms with Gasteiger partial charge in [-0.2, -0.15) is 9.78 Å². The van der Waals surface area contributed by atoms with E-state index in [1.54, 1.807) is 25.3 Å². The summed E-state index contributed by atoms with van der Waals surface area (Å²) in [5.41, 5.74) is 9.65. The summed E-state index contributed by atoms with van der Waals surface area (Å²) in [5.74, 6) is 0.770. The molecule has 0 atom stereocenters. The summed E-state index contributed by atoms with van der Waals surface area (Å²) in [7, 11) is 3.08. The summed E-state index contributed by atoms with van der Waals surface area (Å²) in [4.78, 5) is 15.3. The van der Waals surface area contributed by atoms with E-state index >= 15 is 0 Å². The van der Waals surface area contributed by atoms with Crippen molar-refractivity contribution in [1.82, 2.24) is 35.6 Å². The Hall–Kier alpha value is -4.00. The SMILES string of the molecule is COc1cccc(/C=N\NC(=O)c2nnn(-c3nonc3N)c2CN2CCCCCC2)c1OC. The van der Waals surface area contributed by atoms with Crippen LogP contribution >= 0.6 is 0 Å². The molecule has 13 heteroatoms. The van der Waals surface area contributed by atoms with Gasteiger partial charge in [-0.1, -0.05) is 24.1 Å². The molecule has 180 valence electrons. The maximum absolute atomic E-state index is 13.0. The Balaban J connectivity index is 1.58. The number of carbonyl (C=O) groups excluding carboxylic acids is 1. The number of amides is 1. The van der Waals surface area contributed by atoms with Crippen molar-refractivity contribution in [1.29, 1.82) is 0 Å². The number of hydrogen-bond donors (Lipinski definition) is 2. The van der Waals surface area contributed by atoms with Gasteiger partial charge in [0.15, 0.2) is 17.2 Å². The van der Waals surface area contributed by atoms with E-state index in [-0.39, 0.29) is 17.3 Å². The third kappa shape index (κ3) is 4.98. The lowest BCUT2D eigenvalue weighted by molar-refractivity contribution is 0.0947. The molecule has 3 aromatic rings. The largest absolute Gasteiger partial charge is 0.493 e. The lowest BCUT2D eigenvalue weighted by Gasteiger charge is -2.20. The van der Waals surface area contributed by atoms with Crippen LogP contribution in [0.2, 0.25) is 0 Å². The Morgan fingerprint density at radius 1 is 1.21 bits per heavy atom. The number of methoxy groups -OCH3 is 2. The first kappa shape index (κ1) is 23.2. The smallest absolute Gasteiger partial charge is 0.293 e. The molecular weight excluding hydrogens is 442 g/mol. The Morgan fingerprint density at radius 2 is 2.00 bits per heavy atom. The van der Waals surface area contributed by atoms with Gasteiger partial charge in [0.1, 0.15) is 0 Å². The quantitative estimate of drug-likeness (QED) is 0.364. The van der Waals surface area contributed by atoms with Gasteiger partial charge in [0, 0.05) is 12.1 Å². The second-order valence-corrected chi connectivity index (χ2v) is 7.74. The lowest BCUT2D eigenvalue weighted by Crippen LogP contribution is -2.28. The van der Waals surface area contributed by atoms with Gasteiger partial charge < -0.3 is 15.2 Å². The summed E-state index contributed by atoms with van der Waals surface area (Å²) < 4.78 is 16.8. The summed E-state index contributed by atoms with van der Waals surface area (Å²) >= 11 is 0. The molecule has 3 heterocycles. The van der Waals surface area contributed by atoms with E-state index in [1.165, 1.54) is 30.8 Å². The molecule has 1 amide bonds. The van der Waals surface area contributed by atoms with Crippen molar-refractivity contribution in [3.63, 3.8) is 0 Å². The van der Waals surface area contributed by atoms with Crippen molar-refractivity contribution in [2.45, 2.75) is 32.2 Å². The van der Waals surface area contributed by atoms with Gasteiger partial charge in [-0.15, -0.1) is 5.10 Å². The number of nitrogens with one attached hydrogen (secondary N) is 1. The van der Waals surface area contributed by atoms with Gasteiger partial charge in [-0.25, -0.2) is 10.1 Å². The molecule has 0 spiro atoms. The number of benzene rings is 1. The number of para-hydroxylation sites is 1. The average molecular weight is 470 g/mol. The zero-order valence-electron chi connectivity index (χ0n) is 19.1. The minimum Gasteiger partial charge on any atom is -0.493 e. The normalized spacial score (nSPS) is 14.8. The van der Waals surface area contributed by atoms with Crippen molar-refractivity contribution in [2.75, 3.05) is 33.0 Å². The van der Waals surface area contributed by atoms with Gasteiger partial charge in [0.2, 0.25) is 11.6 Å². The predicted octanol–water partition coefficient (Wildman–Crippen LogP) is 1.39. The molecule has 0 unspecified atom stereocenters. The highest BCUT2D eigenvalue weighted by molar-refractivity contribution is 5.94. The number of aromatic nitrogens is 5. The number of ether oxygens (including phenoxy) is 2. The van der Waals surface area contributed by atoms with Gasteiger partial charge in [0.05, 0.1) is 26.1 Å². The highest BCUT2D eigenvalue weighted by atomic mass is 16.6. The zero-order valence-corrected chi connectivity index (χ0v) is 19.1. The maximum Gasteiger partial charge on any atom is 0.293 e. The minimum absolute atomic E-state index is 0.0529. The van der Waals surface area contributed by atoms with Crippen molar-refractivity contribution < 1.29 is 18.9 Å². The Kier molecular flexibility index (Phi) is 7.32. The van der Waals surface area contributed by atoms with Crippen LogP contribution in [0.4, 0.5) is 5.82 Å². The fourth-order valence-electron chi connectivity index (χ4n) is 3.86. The van der Waals surface area contributed by atoms with Crippen LogP contribution in [0.5, 0.6) is 11.5 Å². The standard InChI is InChI=1S/C21H27N9O4/c1-32-16-9-7-8-14(18(16)33-2)12-23-25-21(31)17-15(13-29-10-5-3-4-6-11-29)30(28-24-17)20-19(22)26-34-27-20/h7-9,12H,3-6,10-11,13H2,1-2H3,(H2,22,26)(H,25,31)/b23-12-. The molecule has 13 nitrogen and oxygen atoms in total. The molecule has 4 rings (SSSR count). The molecule has 1 fully saturated rings. The van der Waals surface area contributed by atoms with Crippen LogP contribution in [0.25, 0.3) is 5.82 Å². The molecule has 34 heavy (non-hydrogen) atoms. The van der Waals surface area contributed by atoms with E-state index in [2.05, 4.69) is 36.1 Å². The lowest BCUT2D eigenvalue weighted by atomic mass is 10.2. The van der Waals surface area contributed by atoms with Gasteiger partial charge >= 0.3 is 0 Å². The second-order valence-electron chi connectivity index (χ2n) is 7.74. The number of hydrazone groups is 1. The van der Waals surface area contributed by atoms with Crippen LogP contribution in [0.15, 0.2) is 27.9 Å². The van der Waals surface area contributed by atoms with E-state index in [0.29, 0.717) is 29.3 Å². The van der Waals surface area contributed by atoms with Gasteiger partial charge in [-0.05, 0) is 48.4 Å². The summed E-state index contributed by atoms with van der Waals surface area (Å²) in [6, 6.07) is 5.36. The fraction of sp³-hybridized carbons (Fsp3) is 0.429. The average Bonchev–Trinajstić information content (AvgIpc) is 3.36. The Labute approximate surface area is 195 Å². The van der Waals surface area contributed by atoms with Crippen LogP contribution in [-0.4, -0.2) is 69.6 Å². The van der Waals surface area contributed by atoms with E-state index in [0.717, 1.165) is 25.9 Å². The second kappa shape index (κ2) is 10.7. The zero-order chi connectivity index (χ0) is 23.9. The summed E-state index contributed by atoms with van der Waals surface area (Å²) in [5, 5.41) is 19.7. The first-order valence-electron chi connectivity index (χ1n) is 10.9. The van der Waals surface area contributed by atoms with Crippen molar-refractivity contribution in [2.24, 2.45) is 5.10 Å². The molecule has 0 bridgehead atoms. The van der Waals surface area contributed by atoms with E-state index < -0.39 is 5.91 Å². The first-order chi connectivity index (χ1) is 16.6. The molecule has 2 aromatic heterocycles. The van der Waals surface area contributed by atoms with Crippen LogP contribution in [0.3, 0.4) is 0 Å². The molecule has 1 aliphatic heterocycles. The highest BCUT2D eigenvalue weighted by Crippen LogP contribution is 2.29. The van der Waals surface area contributed by atoms with E-state index in [9.17, 15) is 4.79 Å². The summed E-state index contributed by atoms with van der Waals surface area (Å²) in [6.07, 6.45) is 6.01. The number of nitrogens with two attached hydrogens (primary N) is 1. The number of nitrogen functional groups attached to an aromatic ring is 1. The molecular formula is C21H27N9O4. The van der Waals surface area contributed by atoms with Crippen LogP contribution in [-0.2, 0) is 6.54 Å². The van der Waals surface area contributed by atoms with E-state index in [1.807, 2.05) is 0 Å². The topological polar surface area (TPSA) is 159 Å². The number of likely N-dealkylation sites (tertiary alicyclic amines) is 1. The Bertz CT molecular complexity index is 1150. The molecule has 1 saturated heterocycles. The van der Waals surface area contributed by atoms with Crippen molar-refractivity contribution >= 4 is 17.9 Å². The van der Waals surface area contributed by atoms with E-state index in [4.69, 9.17) is 19.8 Å². The van der Waals surface area contributed by atoms with Crippen LogP contribution in [0.1, 0.15) is 47.4 Å². The molecule has 0 saturated carbocycles. The molecule has 0 radical (unpaired) electrons. The van der Waals surface area contributed by atoms with Crippen LogP contribution in [0, 0.1) is 0 Å². The van der Waals surface area contributed by atoms with Crippen molar-refractivity contribution in [3.05, 3.63) is 35.2 Å². The van der Waals surface area contributed by atoms with Gasteiger partial charge in [-0.3, -0.25) is 9.69 Å². The Morgan fingerprint density at radius 3 is 2.68 bits per heavy atom. The monoisotopic (exact) mass is 469 g/mol. The molecule has 1 aromatic carbocycles. The number of hydrogen-bond acceptors (Lipinski definition) is 11. The van der Waals surface area contributed by atoms with Crippen LogP contribution < -0.4 is 20.6 Å². The van der Waals surface area contributed by atoms with Gasteiger partial charge in [0.25, 0.3) is 5.91 Å². The fourth-order valence-corrected chi connectivity index (χ4v) is 3.86. The molecule has 1 aliphatic rings. The van der Waals surface area contributed by atoms with Crippen molar-refractivity contribution in [3.8, 4) is 17.3 Å². The number of nitrogens with zero attached hydrogens (tertiary/aromatic N) is 7. The molecule has 0 aliphatic carbocycles. The number of carbonyl (C=O) groups is 1. The third-order valence-electron chi connectivity index (χ3n) is 5.55. The maximum atomic E-state index is 13.0. The highest BCUT2D eigenvalue weighted by Gasteiger charge is 2.25.